The van der Waals surface area contributed by atoms with Crippen LogP contribution in [-0.4, -0.2) is 40.3 Å². The molecule has 0 saturated heterocycles. The second-order valence-electron chi connectivity index (χ2n) is 9.72. The van der Waals surface area contributed by atoms with Crippen molar-refractivity contribution in [1.82, 2.24) is 14.9 Å². The summed E-state index contributed by atoms with van der Waals surface area (Å²) < 4.78 is 5.77. The van der Waals surface area contributed by atoms with Gasteiger partial charge in [-0.2, -0.15) is 0 Å². The third-order valence-electron chi connectivity index (χ3n) is 6.60. The summed E-state index contributed by atoms with van der Waals surface area (Å²) in [5.41, 5.74) is 5.94. The highest BCUT2D eigenvalue weighted by Crippen LogP contribution is 2.28. The molecule has 4 rings (SSSR count). The van der Waals surface area contributed by atoms with Gasteiger partial charge in [0.15, 0.2) is 0 Å². The standard InChI is InChI=1S/C33H34N4O3/c1-7-23(5)40-27(8-2)20-37(6)33(39)24-11-13-26(14-12-24)35-32(38)29-18-30(25-10-9-15-34-19-25)36-31-22(4)16-21(3)17-28(29)31/h7-19H,20H2,1-6H3,(H,35,38)/b23-7-,27-8-. The Morgan fingerprint density at radius 1 is 1.02 bits per heavy atom. The summed E-state index contributed by atoms with van der Waals surface area (Å²) in [4.78, 5) is 37.2. The lowest BCUT2D eigenvalue weighted by molar-refractivity contribution is 0.0787. The molecule has 204 valence electrons. The maximum atomic E-state index is 13.6. The largest absolute Gasteiger partial charge is 0.465 e. The summed E-state index contributed by atoms with van der Waals surface area (Å²) in [6.07, 6.45) is 7.16. The molecular formula is C33H34N4O3. The van der Waals surface area contributed by atoms with Crippen LogP contribution in [0.25, 0.3) is 22.2 Å². The Kier molecular flexibility index (Phi) is 8.74. The van der Waals surface area contributed by atoms with Crippen molar-refractivity contribution in [2.24, 2.45) is 0 Å². The second kappa shape index (κ2) is 12.4. The molecule has 2 amide bonds. The number of ether oxygens (including phenoxy) is 1. The first-order chi connectivity index (χ1) is 19.2. The molecule has 2 aromatic carbocycles. The summed E-state index contributed by atoms with van der Waals surface area (Å²) in [5, 5.41) is 3.77. The lowest BCUT2D eigenvalue weighted by Crippen LogP contribution is -2.29. The minimum absolute atomic E-state index is 0.147. The SMILES string of the molecule is C/C=C(/C)O/C(=C\C)CN(C)C(=O)c1ccc(NC(=O)c2cc(-c3cccnc3)nc3c(C)cc(C)cc23)cc1. The first-order valence-electron chi connectivity index (χ1n) is 13.2. The fourth-order valence-corrected chi connectivity index (χ4v) is 4.40. The Bertz CT molecular complexity index is 1610. The number of nitrogens with one attached hydrogen (secondary N) is 1. The number of anilines is 1. The quantitative estimate of drug-likeness (QED) is 0.244. The highest BCUT2D eigenvalue weighted by Gasteiger charge is 2.18. The van der Waals surface area contributed by atoms with Crippen molar-refractivity contribution in [3.63, 3.8) is 0 Å². The van der Waals surface area contributed by atoms with Gasteiger partial charge in [0.25, 0.3) is 11.8 Å². The normalized spacial score (nSPS) is 11.8. The number of carbonyl (C=O) groups excluding carboxylic acids is 2. The van der Waals surface area contributed by atoms with Gasteiger partial charge in [0.05, 0.1) is 29.1 Å². The summed E-state index contributed by atoms with van der Waals surface area (Å²) in [6.45, 7) is 9.99. The van der Waals surface area contributed by atoms with E-state index in [-0.39, 0.29) is 11.8 Å². The molecule has 0 unspecified atom stereocenters. The van der Waals surface area contributed by atoms with Crippen LogP contribution in [0.5, 0.6) is 0 Å². The van der Waals surface area contributed by atoms with Crippen molar-refractivity contribution < 1.29 is 14.3 Å². The van der Waals surface area contributed by atoms with E-state index in [0.717, 1.165) is 33.4 Å². The number of aromatic nitrogens is 2. The number of nitrogens with zero attached hydrogens (tertiary/aromatic N) is 3. The molecule has 0 spiro atoms. The fourth-order valence-electron chi connectivity index (χ4n) is 4.40. The van der Waals surface area contributed by atoms with Crippen LogP contribution in [0.15, 0.2) is 90.7 Å². The minimum atomic E-state index is -0.257. The molecule has 0 aliphatic carbocycles. The zero-order chi connectivity index (χ0) is 28.8. The van der Waals surface area contributed by atoms with Crippen molar-refractivity contribution in [3.8, 4) is 11.3 Å². The average Bonchev–Trinajstić information content (AvgIpc) is 2.96. The number of carbonyl (C=O) groups is 2. The minimum Gasteiger partial charge on any atom is -0.465 e. The zero-order valence-electron chi connectivity index (χ0n) is 23.8. The summed E-state index contributed by atoms with van der Waals surface area (Å²) in [5.74, 6) is 1.06. The first kappa shape index (κ1) is 28.2. The van der Waals surface area contributed by atoms with Crippen LogP contribution in [0, 0.1) is 13.8 Å². The topological polar surface area (TPSA) is 84.4 Å². The summed E-state index contributed by atoms with van der Waals surface area (Å²) in [7, 11) is 1.73. The third kappa shape index (κ3) is 6.43. The van der Waals surface area contributed by atoms with Crippen LogP contribution in [0.1, 0.15) is 52.6 Å². The molecule has 4 aromatic rings. The predicted molar refractivity (Wildman–Crippen MR) is 160 cm³/mol. The van der Waals surface area contributed by atoms with Gasteiger partial charge in [0, 0.05) is 41.6 Å². The van der Waals surface area contributed by atoms with E-state index in [1.54, 1.807) is 54.7 Å². The predicted octanol–water partition coefficient (Wildman–Crippen LogP) is 7.08. The summed E-state index contributed by atoms with van der Waals surface area (Å²) >= 11 is 0. The average molecular weight is 535 g/mol. The van der Waals surface area contributed by atoms with Gasteiger partial charge in [-0.1, -0.05) is 11.6 Å². The van der Waals surface area contributed by atoms with Crippen molar-refractivity contribution in [2.75, 3.05) is 18.9 Å². The fraction of sp³-hybridized carbons (Fsp3) is 0.212. The lowest BCUT2D eigenvalue weighted by atomic mass is 9.99. The second-order valence-corrected chi connectivity index (χ2v) is 9.72. The maximum absolute atomic E-state index is 13.6. The molecule has 40 heavy (non-hydrogen) atoms. The molecule has 0 fully saturated rings. The lowest BCUT2D eigenvalue weighted by Gasteiger charge is -2.20. The number of allylic oxidation sites excluding steroid dienone is 3. The van der Waals surface area contributed by atoms with Gasteiger partial charge in [-0.15, -0.1) is 0 Å². The van der Waals surface area contributed by atoms with Gasteiger partial charge in [-0.05, 0) is 101 Å². The van der Waals surface area contributed by atoms with E-state index < -0.39 is 0 Å². The number of benzene rings is 2. The Balaban J connectivity index is 1.57. The number of hydrogen-bond donors (Lipinski definition) is 1. The summed E-state index contributed by atoms with van der Waals surface area (Å²) in [6, 6.07) is 16.5. The van der Waals surface area contributed by atoms with E-state index in [4.69, 9.17) is 9.72 Å². The van der Waals surface area contributed by atoms with Crippen LogP contribution < -0.4 is 5.32 Å². The van der Waals surface area contributed by atoms with E-state index in [9.17, 15) is 9.59 Å². The smallest absolute Gasteiger partial charge is 0.256 e. The van der Waals surface area contributed by atoms with Crippen molar-refractivity contribution in [2.45, 2.75) is 34.6 Å². The Morgan fingerprint density at radius 2 is 1.77 bits per heavy atom. The van der Waals surface area contributed by atoms with Crippen molar-refractivity contribution in [3.05, 3.63) is 113 Å². The molecule has 0 aliphatic heterocycles. The number of rotatable bonds is 8. The molecule has 7 nitrogen and oxygen atoms in total. The molecule has 7 heteroatoms. The van der Waals surface area contributed by atoms with E-state index in [0.29, 0.717) is 34.8 Å². The molecule has 0 radical (unpaired) electrons. The van der Waals surface area contributed by atoms with Crippen LogP contribution in [0.2, 0.25) is 0 Å². The Hall–Kier alpha value is -4.78. The number of likely N-dealkylation sites (N-methyl/N-ethyl adjacent to an activating group) is 1. The molecular weight excluding hydrogens is 500 g/mol. The van der Waals surface area contributed by atoms with Gasteiger partial charge in [0.2, 0.25) is 0 Å². The van der Waals surface area contributed by atoms with Crippen molar-refractivity contribution >= 4 is 28.4 Å². The highest BCUT2D eigenvalue weighted by atomic mass is 16.5. The molecule has 0 atom stereocenters. The maximum Gasteiger partial charge on any atom is 0.256 e. The van der Waals surface area contributed by atoms with Crippen LogP contribution in [-0.2, 0) is 4.74 Å². The number of pyridine rings is 2. The van der Waals surface area contributed by atoms with E-state index in [2.05, 4.69) is 16.4 Å². The van der Waals surface area contributed by atoms with Crippen LogP contribution >= 0.6 is 0 Å². The van der Waals surface area contributed by atoms with Gasteiger partial charge in [0.1, 0.15) is 5.76 Å². The zero-order valence-corrected chi connectivity index (χ0v) is 23.8. The molecule has 2 aromatic heterocycles. The highest BCUT2D eigenvalue weighted by molar-refractivity contribution is 6.13. The van der Waals surface area contributed by atoms with Crippen LogP contribution in [0.4, 0.5) is 5.69 Å². The molecule has 0 aliphatic rings. The molecule has 2 heterocycles. The first-order valence-corrected chi connectivity index (χ1v) is 13.2. The number of hydrogen-bond acceptors (Lipinski definition) is 5. The number of fused-ring (bicyclic) bond motifs is 1. The van der Waals surface area contributed by atoms with Gasteiger partial charge < -0.3 is 15.0 Å². The van der Waals surface area contributed by atoms with E-state index in [1.165, 1.54) is 0 Å². The van der Waals surface area contributed by atoms with E-state index in [1.807, 2.05) is 65.0 Å². The van der Waals surface area contributed by atoms with Gasteiger partial charge >= 0.3 is 0 Å². The third-order valence-corrected chi connectivity index (χ3v) is 6.60. The van der Waals surface area contributed by atoms with Gasteiger partial charge in [-0.3, -0.25) is 14.6 Å². The van der Waals surface area contributed by atoms with Crippen molar-refractivity contribution in [1.29, 1.82) is 0 Å². The Morgan fingerprint density at radius 3 is 2.42 bits per heavy atom. The monoisotopic (exact) mass is 534 g/mol. The molecule has 0 bridgehead atoms. The van der Waals surface area contributed by atoms with E-state index >= 15 is 0 Å². The van der Waals surface area contributed by atoms with Gasteiger partial charge in [-0.25, -0.2) is 4.98 Å². The molecule has 0 saturated carbocycles. The number of aryl methyl sites for hydroxylation is 2. The van der Waals surface area contributed by atoms with Crippen LogP contribution in [0.3, 0.4) is 0 Å². The number of amides is 2. The Labute approximate surface area is 235 Å². The molecule has 1 N–H and O–H groups in total.